The van der Waals surface area contributed by atoms with Gasteiger partial charge >= 0.3 is 0 Å². The highest BCUT2D eigenvalue weighted by molar-refractivity contribution is 5.76. The van der Waals surface area contributed by atoms with Crippen molar-refractivity contribution >= 4 is 5.78 Å². The highest BCUT2D eigenvalue weighted by Gasteiger charge is 2.01. The van der Waals surface area contributed by atoms with Crippen molar-refractivity contribution in [3.63, 3.8) is 0 Å². The van der Waals surface area contributed by atoms with Gasteiger partial charge in [-0.3, -0.25) is 4.79 Å². The fourth-order valence-electron chi connectivity index (χ4n) is 1.23. The number of unbranched alkanes of at least 4 members (excludes halogenated alkanes) is 4. The molecule has 0 amide bonds. The highest BCUT2D eigenvalue weighted by Crippen LogP contribution is 2.01. The fourth-order valence-corrected chi connectivity index (χ4v) is 1.23. The number of allylic oxidation sites excluding steroid dienone is 1. The molecule has 0 fully saturated rings. The van der Waals surface area contributed by atoms with Crippen LogP contribution in [-0.4, -0.2) is 17.0 Å². The van der Waals surface area contributed by atoms with E-state index in [0.29, 0.717) is 0 Å². The molecule has 0 saturated heterocycles. The molecule has 1 atom stereocenters. The van der Waals surface area contributed by atoms with Gasteiger partial charge in [0.05, 0.1) is 0 Å². The number of ketones is 1. The average molecular weight is 232 g/mol. The number of Topliss-reactive ketones (excluding diaryl/α,β-unsaturated/α-hetero) is 1. The largest absolute Gasteiger partial charge is 0.380 e. The summed E-state index contributed by atoms with van der Waals surface area (Å²) in [5.74, 6) is 10.6. The smallest absolute Gasteiger partial charge is 0.133 e. The van der Waals surface area contributed by atoms with Gasteiger partial charge in [-0.25, -0.2) is 0 Å². The third kappa shape index (κ3) is 12.4. The molecule has 0 unspecified atom stereocenters. The van der Waals surface area contributed by atoms with Crippen LogP contribution in [0.1, 0.15) is 45.4 Å². The second kappa shape index (κ2) is 11.0. The van der Waals surface area contributed by atoms with Gasteiger partial charge in [0.15, 0.2) is 0 Å². The average Bonchev–Trinajstić information content (AvgIpc) is 2.26. The fraction of sp³-hybridized carbons (Fsp3) is 0.533. The van der Waals surface area contributed by atoms with Crippen molar-refractivity contribution in [2.24, 2.45) is 0 Å². The number of hydrogen-bond acceptors (Lipinski definition) is 2. The molecule has 0 spiro atoms. The summed E-state index contributed by atoms with van der Waals surface area (Å²) < 4.78 is 0. The molecule has 1 N–H and O–H groups in total. The lowest BCUT2D eigenvalue weighted by Gasteiger charge is -1.95. The van der Waals surface area contributed by atoms with Crippen molar-refractivity contribution in [1.82, 2.24) is 0 Å². The zero-order chi connectivity index (χ0) is 12.9. The van der Waals surface area contributed by atoms with Crippen molar-refractivity contribution in [3.05, 3.63) is 12.7 Å². The molecule has 0 rings (SSSR count). The molecule has 0 bridgehead atoms. The summed E-state index contributed by atoms with van der Waals surface area (Å²) in [6.07, 6.45) is 6.39. The van der Waals surface area contributed by atoms with Crippen molar-refractivity contribution in [1.29, 1.82) is 0 Å². The molecule has 0 radical (unpaired) electrons. The molecule has 0 aromatic carbocycles. The van der Waals surface area contributed by atoms with Crippen LogP contribution in [0.3, 0.4) is 0 Å². The van der Waals surface area contributed by atoms with E-state index in [9.17, 15) is 9.90 Å². The summed E-state index contributed by atoms with van der Waals surface area (Å²) in [5, 5.41) is 9.25. The number of carbonyl (C=O) groups excluding carboxylic acids is 1. The third-order valence-electron chi connectivity index (χ3n) is 2.08. The van der Waals surface area contributed by atoms with Crippen molar-refractivity contribution in [2.75, 3.05) is 0 Å². The summed E-state index contributed by atoms with van der Waals surface area (Å²) in [6, 6.07) is 0. The zero-order valence-electron chi connectivity index (χ0n) is 10.5. The molecule has 0 aliphatic rings. The summed E-state index contributed by atoms with van der Waals surface area (Å²) in [6.45, 7) is 5.09. The maximum Gasteiger partial charge on any atom is 0.133 e. The van der Waals surface area contributed by atoms with Gasteiger partial charge in [0.25, 0.3) is 0 Å². The Kier molecular flexibility index (Phi) is 10.0. The lowest BCUT2D eigenvalue weighted by atomic mass is 10.1. The molecule has 92 valence electrons. The van der Waals surface area contributed by atoms with Crippen LogP contribution in [-0.2, 0) is 4.79 Å². The predicted molar refractivity (Wildman–Crippen MR) is 70.1 cm³/mol. The van der Waals surface area contributed by atoms with E-state index < -0.39 is 6.10 Å². The number of aliphatic hydroxyl groups is 1. The monoisotopic (exact) mass is 232 g/mol. The van der Waals surface area contributed by atoms with Gasteiger partial charge < -0.3 is 5.11 Å². The van der Waals surface area contributed by atoms with Crippen molar-refractivity contribution < 1.29 is 9.90 Å². The first kappa shape index (κ1) is 15.5. The normalized spacial score (nSPS) is 10.5. The predicted octanol–water partition coefficient (Wildman–Crippen LogP) is 2.47. The second-order valence-electron chi connectivity index (χ2n) is 3.88. The Labute approximate surface area is 104 Å². The third-order valence-corrected chi connectivity index (χ3v) is 2.08. The molecular weight excluding hydrogens is 212 g/mol. The van der Waals surface area contributed by atoms with Gasteiger partial charge in [-0.15, -0.1) is 6.58 Å². The van der Waals surface area contributed by atoms with Crippen LogP contribution in [0.25, 0.3) is 0 Å². The number of hydrogen-bond donors (Lipinski definition) is 1. The van der Waals surface area contributed by atoms with Crippen LogP contribution in [0, 0.1) is 23.7 Å². The molecule has 0 aromatic rings. The number of carbonyl (C=O) groups is 1. The van der Waals surface area contributed by atoms with E-state index in [1.807, 2.05) is 6.08 Å². The minimum Gasteiger partial charge on any atom is -0.380 e. The topological polar surface area (TPSA) is 37.3 Å². The van der Waals surface area contributed by atoms with E-state index in [0.717, 1.165) is 32.1 Å². The Hall–Kier alpha value is -1.51. The second-order valence-corrected chi connectivity index (χ2v) is 3.88. The summed E-state index contributed by atoms with van der Waals surface area (Å²) in [5.41, 5.74) is 0. The molecule has 0 aromatic heterocycles. The summed E-state index contributed by atoms with van der Waals surface area (Å²) in [4.78, 5) is 10.6. The van der Waals surface area contributed by atoms with Gasteiger partial charge in [0.1, 0.15) is 11.9 Å². The van der Waals surface area contributed by atoms with Crippen LogP contribution in [0.15, 0.2) is 12.7 Å². The maximum atomic E-state index is 10.6. The van der Waals surface area contributed by atoms with Gasteiger partial charge in [-0.1, -0.05) is 24.3 Å². The maximum absolute atomic E-state index is 10.6. The van der Waals surface area contributed by atoms with Crippen LogP contribution >= 0.6 is 0 Å². The van der Waals surface area contributed by atoms with Gasteiger partial charge in [-0.2, -0.15) is 0 Å². The molecule has 0 heterocycles. The lowest BCUT2D eigenvalue weighted by molar-refractivity contribution is -0.118. The SMILES string of the molecule is C=CCCCCCC#CC#C[C@@H](O)CC(C)=O. The minimum absolute atomic E-state index is 0.0676. The first-order valence-electron chi connectivity index (χ1n) is 5.93. The molecule has 2 heteroatoms. The quantitative estimate of drug-likeness (QED) is 0.416. The Morgan fingerprint density at radius 2 is 2.12 bits per heavy atom. The first-order chi connectivity index (χ1) is 8.16. The Bertz CT molecular complexity index is 347. The van der Waals surface area contributed by atoms with Crippen LogP contribution < -0.4 is 0 Å². The standard InChI is InChI=1S/C15H20O2/c1-3-4-5-6-7-8-9-10-11-12-15(17)13-14(2)16/h3,15,17H,1,4-8,13H2,2H3/t15-/m1/s1. The first-order valence-corrected chi connectivity index (χ1v) is 5.93. The van der Waals surface area contributed by atoms with Gasteiger partial charge in [0, 0.05) is 12.8 Å². The Balaban J connectivity index is 3.63. The van der Waals surface area contributed by atoms with Crippen LogP contribution in [0.2, 0.25) is 0 Å². The summed E-state index contributed by atoms with van der Waals surface area (Å²) >= 11 is 0. The Morgan fingerprint density at radius 3 is 2.76 bits per heavy atom. The zero-order valence-corrected chi connectivity index (χ0v) is 10.5. The van der Waals surface area contributed by atoms with Crippen LogP contribution in [0.5, 0.6) is 0 Å². The number of aliphatic hydroxyl groups excluding tert-OH is 1. The van der Waals surface area contributed by atoms with E-state index in [2.05, 4.69) is 30.3 Å². The molecule has 0 aliphatic carbocycles. The highest BCUT2D eigenvalue weighted by atomic mass is 16.3. The number of rotatable bonds is 7. The van der Waals surface area contributed by atoms with Crippen molar-refractivity contribution in [3.8, 4) is 23.7 Å². The van der Waals surface area contributed by atoms with Crippen molar-refractivity contribution in [2.45, 2.75) is 51.6 Å². The summed E-state index contributed by atoms with van der Waals surface area (Å²) in [7, 11) is 0. The van der Waals surface area contributed by atoms with Gasteiger partial charge in [-0.05, 0) is 38.0 Å². The van der Waals surface area contributed by atoms with E-state index in [-0.39, 0.29) is 12.2 Å². The van der Waals surface area contributed by atoms with E-state index in [4.69, 9.17) is 0 Å². The Morgan fingerprint density at radius 1 is 1.35 bits per heavy atom. The molecule has 2 nitrogen and oxygen atoms in total. The lowest BCUT2D eigenvalue weighted by Crippen LogP contribution is -2.07. The van der Waals surface area contributed by atoms with Crippen LogP contribution in [0.4, 0.5) is 0 Å². The molecular formula is C15H20O2. The van der Waals surface area contributed by atoms with Gasteiger partial charge in [0.2, 0.25) is 0 Å². The minimum atomic E-state index is -0.880. The van der Waals surface area contributed by atoms with E-state index in [1.54, 1.807) is 0 Å². The van der Waals surface area contributed by atoms with E-state index >= 15 is 0 Å². The molecule has 17 heavy (non-hydrogen) atoms. The van der Waals surface area contributed by atoms with E-state index in [1.165, 1.54) is 6.92 Å². The molecule has 0 aliphatic heterocycles. The molecule has 0 saturated carbocycles.